The van der Waals surface area contributed by atoms with Crippen LogP contribution in [0.4, 0.5) is 4.39 Å². The average molecular weight is 475 g/mol. The summed E-state index contributed by atoms with van der Waals surface area (Å²) >= 11 is 0. The molecule has 0 aliphatic rings. The van der Waals surface area contributed by atoms with Crippen LogP contribution in [0, 0.1) is 5.82 Å². The number of nitrogens with one attached hydrogen (secondary N) is 1. The fourth-order valence-electron chi connectivity index (χ4n) is 2.41. The number of hydrogen-bond acceptors (Lipinski definition) is 4. The van der Waals surface area contributed by atoms with E-state index in [0.29, 0.717) is 12.4 Å². The second-order valence-electron chi connectivity index (χ2n) is 6.26. The molecule has 8 heteroatoms. The number of aliphatic imine (C=N–C) groups is 1. The van der Waals surface area contributed by atoms with Crippen LogP contribution in [0.3, 0.4) is 0 Å². The van der Waals surface area contributed by atoms with Gasteiger partial charge in [-0.1, -0.05) is 31.1 Å². The summed E-state index contributed by atoms with van der Waals surface area (Å²) in [4.78, 5) is 10.6. The Morgan fingerprint density at radius 3 is 2.77 bits per heavy atom. The minimum Gasteiger partial charge on any atom is -0.356 e. The quantitative estimate of drug-likeness (QED) is 0.287. The molecular formula is C18H27FIN5O. The summed E-state index contributed by atoms with van der Waals surface area (Å²) < 4.78 is 18.5. The van der Waals surface area contributed by atoms with Gasteiger partial charge in [-0.15, -0.1) is 24.0 Å². The summed E-state index contributed by atoms with van der Waals surface area (Å²) in [6, 6.07) is 6.59. The SMILES string of the molecule is CN=C(NCCCc1nc(C(C)C)no1)N(C)Cc1cccc(F)c1.I. The summed E-state index contributed by atoms with van der Waals surface area (Å²) in [7, 11) is 3.66. The molecule has 26 heavy (non-hydrogen) atoms. The molecule has 0 amide bonds. The van der Waals surface area contributed by atoms with Gasteiger partial charge in [0.05, 0.1) is 0 Å². The van der Waals surface area contributed by atoms with Gasteiger partial charge in [0.15, 0.2) is 11.8 Å². The zero-order chi connectivity index (χ0) is 18.2. The smallest absolute Gasteiger partial charge is 0.226 e. The lowest BCUT2D eigenvalue weighted by atomic mass is 10.2. The molecule has 0 unspecified atom stereocenters. The van der Waals surface area contributed by atoms with E-state index in [0.717, 1.165) is 36.7 Å². The number of nitrogens with zero attached hydrogens (tertiary/aromatic N) is 4. The van der Waals surface area contributed by atoms with Gasteiger partial charge in [0.2, 0.25) is 5.89 Å². The number of aromatic nitrogens is 2. The molecule has 0 fully saturated rings. The van der Waals surface area contributed by atoms with E-state index in [1.807, 2.05) is 31.9 Å². The van der Waals surface area contributed by atoms with Crippen molar-refractivity contribution in [2.45, 2.75) is 39.2 Å². The molecule has 2 rings (SSSR count). The Morgan fingerprint density at radius 2 is 2.15 bits per heavy atom. The monoisotopic (exact) mass is 475 g/mol. The van der Waals surface area contributed by atoms with Crippen molar-refractivity contribution < 1.29 is 8.91 Å². The molecule has 0 radical (unpaired) electrons. The third-order valence-electron chi connectivity index (χ3n) is 3.73. The van der Waals surface area contributed by atoms with Crippen molar-refractivity contribution in [3.63, 3.8) is 0 Å². The average Bonchev–Trinajstić information content (AvgIpc) is 3.04. The van der Waals surface area contributed by atoms with Gasteiger partial charge in [-0.05, 0) is 24.1 Å². The number of guanidine groups is 1. The van der Waals surface area contributed by atoms with Gasteiger partial charge in [-0.2, -0.15) is 4.98 Å². The Labute approximate surface area is 171 Å². The molecule has 0 spiro atoms. The first-order chi connectivity index (χ1) is 12.0. The van der Waals surface area contributed by atoms with Gasteiger partial charge < -0.3 is 14.7 Å². The van der Waals surface area contributed by atoms with Crippen molar-refractivity contribution in [3.05, 3.63) is 47.4 Å². The molecule has 0 aliphatic heterocycles. The topological polar surface area (TPSA) is 66.5 Å². The molecule has 0 saturated heterocycles. The predicted octanol–water partition coefficient (Wildman–Crippen LogP) is 3.59. The zero-order valence-corrected chi connectivity index (χ0v) is 18.0. The highest BCUT2D eigenvalue weighted by Crippen LogP contribution is 2.10. The van der Waals surface area contributed by atoms with Gasteiger partial charge in [-0.3, -0.25) is 4.99 Å². The molecule has 0 aliphatic carbocycles. The van der Waals surface area contributed by atoms with E-state index < -0.39 is 0 Å². The van der Waals surface area contributed by atoms with Crippen LogP contribution in [-0.2, 0) is 13.0 Å². The van der Waals surface area contributed by atoms with E-state index in [4.69, 9.17) is 4.52 Å². The van der Waals surface area contributed by atoms with Crippen LogP contribution in [0.25, 0.3) is 0 Å². The summed E-state index contributed by atoms with van der Waals surface area (Å²) in [6.07, 6.45) is 1.57. The Kier molecular flexibility index (Phi) is 9.53. The largest absolute Gasteiger partial charge is 0.356 e. The Morgan fingerprint density at radius 1 is 1.38 bits per heavy atom. The summed E-state index contributed by atoms with van der Waals surface area (Å²) in [6.45, 7) is 5.39. The molecule has 1 aromatic heterocycles. The van der Waals surface area contributed by atoms with E-state index in [9.17, 15) is 4.39 Å². The van der Waals surface area contributed by atoms with E-state index >= 15 is 0 Å². The molecule has 1 N–H and O–H groups in total. The summed E-state index contributed by atoms with van der Waals surface area (Å²) in [5.74, 6) is 2.21. The minimum absolute atomic E-state index is 0. The van der Waals surface area contributed by atoms with Crippen molar-refractivity contribution in [2.24, 2.45) is 4.99 Å². The number of aryl methyl sites for hydroxylation is 1. The predicted molar refractivity (Wildman–Crippen MR) is 111 cm³/mol. The standard InChI is InChI=1S/C18H26FN5O.HI/c1-13(2)17-22-16(25-23-17)9-6-10-21-18(20-3)24(4)12-14-7-5-8-15(19)11-14;/h5,7-8,11,13H,6,9-10,12H2,1-4H3,(H,20,21);1H. The maximum absolute atomic E-state index is 13.3. The lowest BCUT2D eigenvalue weighted by Crippen LogP contribution is -2.39. The zero-order valence-electron chi connectivity index (χ0n) is 15.7. The van der Waals surface area contributed by atoms with Crippen molar-refractivity contribution in [3.8, 4) is 0 Å². The van der Waals surface area contributed by atoms with Gasteiger partial charge in [0.1, 0.15) is 5.82 Å². The van der Waals surface area contributed by atoms with Crippen LogP contribution in [-0.4, -0.2) is 41.6 Å². The summed E-state index contributed by atoms with van der Waals surface area (Å²) in [5, 5.41) is 7.25. The first kappa shape index (κ1) is 22.3. The molecule has 6 nitrogen and oxygen atoms in total. The number of hydrogen-bond donors (Lipinski definition) is 1. The van der Waals surface area contributed by atoms with Crippen LogP contribution in [0.1, 0.15) is 43.5 Å². The maximum atomic E-state index is 13.3. The van der Waals surface area contributed by atoms with Crippen LogP contribution in [0.15, 0.2) is 33.8 Å². The second kappa shape index (κ2) is 11.1. The molecule has 1 heterocycles. The van der Waals surface area contributed by atoms with Gasteiger partial charge in [0.25, 0.3) is 0 Å². The van der Waals surface area contributed by atoms with Crippen LogP contribution in [0.5, 0.6) is 0 Å². The number of benzene rings is 1. The molecule has 0 saturated carbocycles. The Balaban J connectivity index is 0.00000338. The fraction of sp³-hybridized carbons (Fsp3) is 0.500. The van der Waals surface area contributed by atoms with Gasteiger partial charge >= 0.3 is 0 Å². The van der Waals surface area contributed by atoms with Crippen LogP contribution >= 0.6 is 24.0 Å². The first-order valence-corrected chi connectivity index (χ1v) is 8.48. The van der Waals surface area contributed by atoms with Crippen molar-refractivity contribution in [1.29, 1.82) is 0 Å². The van der Waals surface area contributed by atoms with E-state index in [2.05, 4.69) is 20.4 Å². The van der Waals surface area contributed by atoms with Crippen LogP contribution < -0.4 is 5.32 Å². The lowest BCUT2D eigenvalue weighted by molar-refractivity contribution is 0.368. The third-order valence-corrected chi connectivity index (χ3v) is 3.73. The van der Waals surface area contributed by atoms with Crippen molar-refractivity contribution in [1.82, 2.24) is 20.4 Å². The highest BCUT2D eigenvalue weighted by molar-refractivity contribution is 14.0. The van der Waals surface area contributed by atoms with Crippen molar-refractivity contribution in [2.75, 3.05) is 20.6 Å². The minimum atomic E-state index is -0.228. The van der Waals surface area contributed by atoms with Gasteiger partial charge in [-0.25, -0.2) is 4.39 Å². The Hall–Kier alpha value is -1.71. The molecule has 0 bridgehead atoms. The van der Waals surface area contributed by atoms with E-state index in [1.165, 1.54) is 12.1 Å². The molecular weight excluding hydrogens is 448 g/mol. The number of rotatable bonds is 7. The lowest BCUT2D eigenvalue weighted by Gasteiger charge is -2.22. The first-order valence-electron chi connectivity index (χ1n) is 8.48. The Bertz CT molecular complexity index is 704. The molecule has 0 atom stereocenters. The normalized spacial score (nSPS) is 11.4. The maximum Gasteiger partial charge on any atom is 0.226 e. The number of halogens is 2. The molecule has 1 aromatic carbocycles. The fourth-order valence-corrected chi connectivity index (χ4v) is 2.41. The van der Waals surface area contributed by atoms with E-state index in [1.54, 1.807) is 13.1 Å². The van der Waals surface area contributed by atoms with Gasteiger partial charge in [0, 0.05) is 39.5 Å². The summed E-state index contributed by atoms with van der Waals surface area (Å²) in [5.41, 5.74) is 0.900. The van der Waals surface area contributed by atoms with E-state index in [-0.39, 0.29) is 35.7 Å². The van der Waals surface area contributed by atoms with Crippen LogP contribution in [0.2, 0.25) is 0 Å². The van der Waals surface area contributed by atoms with Crippen molar-refractivity contribution >= 4 is 29.9 Å². The highest BCUT2D eigenvalue weighted by atomic mass is 127. The third kappa shape index (κ3) is 6.89. The molecule has 2 aromatic rings. The second-order valence-corrected chi connectivity index (χ2v) is 6.26. The molecule has 144 valence electrons. The highest BCUT2D eigenvalue weighted by Gasteiger charge is 2.10.